The monoisotopic (exact) mass is 421 g/mol. The first-order valence-corrected chi connectivity index (χ1v) is 10.7. The Labute approximate surface area is 181 Å². The molecule has 0 unspecified atom stereocenters. The third kappa shape index (κ3) is 4.40. The van der Waals surface area contributed by atoms with Crippen molar-refractivity contribution in [3.8, 4) is 11.5 Å². The molecule has 7 nitrogen and oxygen atoms in total. The Morgan fingerprint density at radius 2 is 1.74 bits per heavy atom. The Bertz CT molecular complexity index is 972. The molecule has 1 aliphatic heterocycles. The molecule has 162 valence electrons. The lowest BCUT2D eigenvalue weighted by Gasteiger charge is -2.34. The summed E-state index contributed by atoms with van der Waals surface area (Å²) < 4.78 is 5.86. The van der Waals surface area contributed by atoms with Gasteiger partial charge in [0.25, 0.3) is 5.91 Å². The van der Waals surface area contributed by atoms with Gasteiger partial charge in [-0.3, -0.25) is 14.5 Å². The van der Waals surface area contributed by atoms with Gasteiger partial charge in [-0.25, -0.2) is 4.79 Å². The van der Waals surface area contributed by atoms with E-state index >= 15 is 0 Å². The molecule has 0 aromatic heterocycles. The number of rotatable bonds is 6. The second-order valence-corrected chi connectivity index (χ2v) is 8.32. The highest BCUT2D eigenvalue weighted by atomic mass is 16.5. The van der Waals surface area contributed by atoms with Gasteiger partial charge in [-0.2, -0.15) is 0 Å². The van der Waals surface area contributed by atoms with Crippen LogP contribution < -0.4 is 15.4 Å². The standard InChI is InChI=1S/C24H27N3O4/c1-24(17-10-4-2-5-11-17)22(29)27(23(30)26-24)16-21(28)25-19-14-8-9-15-20(19)31-18-12-6-3-7-13-18/h3,6-9,12-15,17H,2,4-5,10-11,16H2,1H3,(H,25,28)(H,26,30)/t24-/m0/s1. The van der Waals surface area contributed by atoms with E-state index in [4.69, 9.17) is 4.74 Å². The first-order valence-electron chi connectivity index (χ1n) is 10.7. The minimum atomic E-state index is -0.938. The maximum Gasteiger partial charge on any atom is 0.325 e. The largest absolute Gasteiger partial charge is 0.455 e. The van der Waals surface area contributed by atoms with Crippen molar-refractivity contribution in [2.24, 2.45) is 5.92 Å². The van der Waals surface area contributed by atoms with Gasteiger partial charge in [-0.05, 0) is 49.9 Å². The van der Waals surface area contributed by atoms with Crippen molar-refractivity contribution >= 4 is 23.5 Å². The Balaban J connectivity index is 1.43. The molecule has 1 heterocycles. The number of carbonyl (C=O) groups excluding carboxylic acids is 3. The zero-order valence-corrected chi connectivity index (χ0v) is 17.6. The van der Waals surface area contributed by atoms with Crippen molar-refractivity contribution in [1.29, 1.82) is 0 Å². The summed E-state index contributed by atoms with van der Waals surface area (Å²) in [5, 5.41) is 5.61. The van der Waals surface area contributed by atoms with Crippen LogP contribution >= 0.6 is 0 Å². The normalized spacial score (nSPS) is 21.6. The Morgan fingerprint density at radius 3 is 2.48 bits per heavy atom. The summed E-state index contributed by atoms with van der Waals surface area (Å²) in [6.07, 6.45) is 5.09. The number of para-hydroxylation sites is 3. The van der Waals surface area contributed by atoms with Crippen LogP contribution in [0, 0.1) is 5.92 Å². The van der Waals surface area contributed by atoms with E-state index in [1.165, 1.54) is 0 Å². The van der Waals surface area contributed by atoms with Crippen molar-refractivity contribution in [1.82, 2.24) is 10.2 Å². The number of amides is 4. The molecule has 2 aromatic rings. The molecule has 1 atom stereocenters. The van der Waals surface area contributed by atoms with Crippen molar-refractivity contribution in [3.05, 3.63) is 54.6 Å². The minimum Gasteiger partial charge on any atom is -0.455 e. The third-order valence-electron chi connectivity index (χ3n) is 6.16. The van der Waals surface area contributed by atoms with Gasteiger partial charge in [0.15, 0.2) is 5.75 Å². The highest BCUT2D eigenvalue weighted by Gasteiger charge is 2.52. The number of carbonyl (C=O) groups is 3. The summed E-state index contributed by atoms with van der Waals surface area (Å²) in [5.41, 5.74) is -0.468. The lowest BCUT2D eigenvalue weighted by Crippen LogP contribution is -2.51. The van der Waals surface area contributed by atoms with E-state index in [1.54, 1.807) is 31.2 Å². The minimum absolute atomic E-state index is 0.103. The summed E-state index contributed by atoms with van der Waals surface area (Å²) >= 11 is 0. The fourth-order valence-corrected chi connectivity index (χ4v) is 4.42. The lowest BCUT2D eigenvalue weighted by molar-refractivity contribution is -0.135. The predicted molar refractivity (Wildman–Crippen MR) is 117 cm³/mol. The molecular formula is C24H27N3O4. The zero-order chi connectivity index (χ0) is 21.8. The highest BCUT2D eigenvalue weighted by Crippen LogP contribution is 2.36. The number of urea groups is 1. The third-order valence-corrected chi connectivity index (χ3v) is 6.16. The van der Waals surface area contributed by atoms with Gasteiger partial charge in [0.1, 0.15) is 17.8 Å². The number of anilines is 1. The smallest absolute Gasteiger partial charge is 0.325 e. The molecule has 4 rings (SSSR count). The Hall–Kier alpha value is -3.35. The van der Waals surface area contributed by atoms with Gasteiger partial charge in [0.05, 0.1) is 5.69 Å². The van der Waals surface area contributed by atoms with Crippen LogP contribution in [0.3, 0.4) is 0 Å². The van der Waals surface area contributed by atoms with Crippen LogP contribution in [-0.2, 0) is 9.59 Å². The van der Waals surface area contributed by atoms with Gasteiger partial charge in [-0.15, -0.1) is 0 Å². The topological polar surface area (TPSA) is 87.7 Å². The zero-order valence-electron chi connectivity index (χ0n) is 17.6. The van der Waals surface area contributed by atoms with E-state index < -0.39 is 17.5 Å². The van der Waals surface area contributed by atoms with E-state index in [0.29, 0.717) is 17.2 Å². The summed E-state index contributed by atoms with van der Waals surface area (Å²) in [6.45, 7) is 1.44. The highest BCUT2D eigenvalue weighted by molar-refractivity contribution is 6.10. The summed E-state index contributed by atoms with van der Waals surface area (Å²) in [6, 6.07) is 15.8. The van der Waals surface area contributed by atoms with Crippen LogP contribution in [0.5, 0.6) is 11.5 Å². The lowest BCUT2D eigenvalue weighted by atomic mass is 9.75. The van der Waals surface area contributed by atoms with Crippen LogP contribution in [0.25, 0.3) is 0 Å². The van der Waals surface area contributed by atoms with E-state index in [-0.39, 0.29) is 18.4 Å². The van der Waals surface area contributed by atoms with Crippen molar-refractivity contribution < 1.29 is 19.1 Å². The van der Waals surface area contributed by atoms with Crippen LogP contribution in [-0.4, -0.2) is 34.8 Å². The SMILES string of the molecule is C[C@@]1(C2CCCCC2)NC(=O)N(CC(=O)Nc2ccccc2Oc2ccccc2)C1=O. The molecule has 2 N–H and O–H groups in total. The molecule has 31 heavy (non-hydrogen) atoms. The molecule has 7 heteroatoms. The number of benzene rings is 2. The van der Waals surface area contributed by atoms with Crippen molar-refractivity contribution in [3.63, 3.8) is 0 Å². The van der Waals surface area contributed by atoms with Gasteiger partial charge in [-0.1, -0.05) is 49.6 Å². The fraction of sp³-hybridized carbons (Fsp3) is 0.375. The Morgan fingerprint density at radius 1 is 1.06 bits per heavy atom. The molecular weight excluding hydrogens is 394 g/mol. The van der Waals surface area contributed by atoms with Crippen LogP contribution in [0.1, 0.15) is 39.0 Å². The van der Waals surface area contributed by atoms with Crippen molar-refractivity contribution in [2.75, 3.05) is 11.9 Å². The maximum atomic E-state index is 13.1. The van der Waals surface area contributed by atoms with E-state index in [0.717, 1.165) is 37.0 Å². The Kier molecular flexibility index (Phi) is 5.93. The number of hydrogen-bond acceptors (Lipinski definition) is 4. The number of hydrogen-bond donors (Lipinski definition) is 2. The molecule has 1 aliphatic carbocycles. The average Bonchev–Trinajstić information content (AvgIpc) is 3.00. The summed E-state index contributed by atoms with van der Waals surface area (Å²) in [4.78, 5) is 39.3. The van der Waals surface area contributed by atoms with Gasteiger partial charge >= 0.3 is 6.03 Å². The van der Waals surface area contributed by atoms with E-state index in [1.807, 2.05) is 30.3 Å². The summed E-state index contributed by atoms with van der Waals surface area (Å²) in [7, 11) is 0. The van der Waals surface area contributed by atoms with Gasteiger partial charge in [0, 0.05) is 0 Å². The second kappa shape index (κ2) is 8.79. The second-order valence-electron chi connectivity index (χ2n) is 8.32. The maximum absolute atomic E-state index is 13.1. The predicted octanol–water partition coefficient (Wildman–Crippen LogP) is 4.31. The number of imide groups is 1. The summed E-state index contributed by atoms with van der Waals surface area (Å²) in [5.74, 6) is 0.437. The molecule has 0 bridgehead atoms. The van der Waals surface area contributed by atoms with E-state index in [9.17, 15) is 14.4 Å². The first kappa shape index (κ1) is 20.9. The number of nitrogens with zero attached hydrogens (tertiary/aromatic N) is 1. The molecule has 1 saturated carbocycles. The van der Waals surface area contributed by atoms with Gasteiger partial charge < -0.3 is 15.4 Å². The van der Waals surface area contributed by atoms with Crippen LogP contribution in [0.15, 0.2) is 54.6 Å². The van der Waals surface area contributed by atoms with Crippen LogP contribution in [0.2, 0.25) is 0 Å². The molecule has 0 radical (unpaired) electrons. The van der Waals surface area contributed by atoms with E-state index in [2.05, 4.69) is 10.6 Å². The molecule has 0 spiro atoms. The molecule has 1 saturated heterocycles. The number of ether oxygens (including phenoxy) is 1. The quantitative estimate of drug-likeness (QED) is 0.681. The molecule has 4 amide bonds. The molecule has 2 fully saturated rings. The fourth-order valence-electron chi connectivity index (χ4n) is 4.42. The average molecular weight is 421 g/mol. The van der Waals surface area contributed by atoms with Gasteiger partial charge in [0.2, 0.25) is 5.91 Å². The first-order chi connectivity index (χ1) is 15.0. The van der Waals surface area contributed by atoms with Crippen molar-refractivity contribution in [2.45, 2.75) is 44.6 Å². The molecule has 2 aromatic carbocycles. The molecule has 2 aliphatic rings. The van der Waals surface area contributed by atoms with Crippen LogP contribution in [0.4, 0.5) is 10.5 Å². The number of nitrogens with one attached hydrogen (secondary N) is 2.